The number of tetrazole rings is 1. The van der Waals surface area contributed by atoms with Crippen LogP contribution < -0.4 is 20.9 Å². The minimum Gasteiger partial charge on any atom is -0.444 e. The molecule has 0 unspecified atom stereocenters. The van der Waals surface area contributed by atoms with Gasteiger partial charge in [-0.1, -0.05) is 24.3 Å². The second-order valence-corrected chi connectivity index (χ2v) is 14.9. The van der Waals surface area contributed by atoms with E-state index in [0.29, 0.717) is 30.9 Å². The Hall–Kier alpha value is -5.44. The molecule has 2 fully saturated rings. The second-order valence-electron chi connectivity index (χ2n) is 14.9. The molecule has 1 saturated heterocycles. The van der Waals surface area contributed by atoms with E-state index in [2.05, 4.69) is 63.4 Å². The number of ether oxygens (including phenoxy) is 1. The fraction of sp³-hybridized carbons (Fsp3) is 0.474. The maximum Gasteiger partial charge on any atom is 0.407 e. The standard InChI is InChI=1S/C38H49N11O4/c1-38(2,3)53-37(52)41-22-25-8-10-28(11-9-25)34(50)43-32(35(51)42-31-14-12-27(13-15-31)33-44-46-47-45-33)21-26-6-5-7-29(20-26)30-23-39-36(40-24-30)49-18-16-48(4)17-19-49/h5-7,12-15,20,23-25,28,32H,8-11,16-19,21-22H2,1-4H3,(H,41,52)(H,42,51)(H,43,50)(H,44,45,46,47)/t25?,28?,32-/m0/s1. The lowest BCUT2D eigenvalue weighted by Crippen LogP contribution is -2.48. The first kappa shape index (κ1) is 37.3. The molecule has 280 valence electrons. The average molecular weight is 724 g/mol. The van der Waals surface area contributed by atoms with Gasteiger partial charge in [0.25, 0.3) is 0 Å². The molecule has 0 radical (unpaired) electrons. The molecule has 1 saturated carbocycles. The zero-order chi connectivity index (χ0) is 37.4. The highest BCUT2D eigenvalue weighted by molar-refractivity contribution is 5.97. The molecular weight excluding hydrogens is 674 g/mol. The molecule has 6 rings (SSSR count). The van der Waals surface area contributed by atoms with Crippen LogP contribution in [0.5, 0.6) is 0 Å². The third-order valence-corrected chi connectivity index (χ3v) is 9.66. The zero-order valence-corrected chi connectivity index (χ0v) is 30.8. The molecule has 3 heterocycles. The fourth-order valence-corrected chi connectivity index (χ4v) is 6.64. The predicted molar refractivity (Wildman–Crippen MR) is 201 cm³/mol. The quantitative estimate of drug-likeness (QED) is 0.175. The Bertz CT molecular complexity index is 1810. The molecule has 1 atom stereocenters. The summed E-state index contributed by atoms with van der Waals surface area (Å²) < 4.78 is 5.36. The number of rotatable bonds is 11. The molecule has 4 N–H and O–H groups in total. The molecule has 1 aliphatic heterocycles. The van der Waals surface area contributed by atoms with Crippen LogP contribution in [-0.2, 0) is 20.7 Å². The predicted octanol–water partition coefficient (Wildman–Crippen LogP) is 4.07. The number of nitrogens with zero attached hydrogens (tertiary/aromatic N) is 7. The molecule has 4 aromatic rings. The fourth-order valence-electron chi connectivity index (χ4n) is 6.64. The van der Waals surface area contributed by atoms with Gasteiger partial charge in [-0.2, -0.15) is 5.21 Å². The van der Waals surface area contributed by atoms with Crippen LogP contribution in [0.15, 0.2) is 60.9 Å². The zero-order valence-electron chi connectivity index (χ0n) is 30.8. The van der Waals surface area contributed by atoms with Crippen molar-refractivity contribution in [2.45, 2.75) is 64.5 Å². The van der Waals surface area contributed by atoms with Crippen molar-refractivity contribution in [2.75, 3.05) is 50.0 Å². The number of likely N-dealkylation sites (N-methyl/N-ethyl adjacent to an activating group) is 1. The summed E-state index contributed by atoms with van der Waals surface area (Å²) in [7, 11) is 2.12. The smallest absolute Gasteiger partial charge is 0.407 e. The van der Waals surface area contributed by atoms with Crippen molar-refractivity contribution in [3.63, 3.8) is 0 Å². The topological polar surface area (TPSA) is 183 Å². The van der Waals surface area contributed by atoms with E-state index < -0.39 is 17.7 Å². The van der Waals surface area contributed by atoms with E-state index in [-0.39, 0.29) is 30.1 Å². The van der Waals surface area contributed by atoms with Crippen LogP contribution in [0.4, 0.5) is 16.4 Å². The number of carbonyl (C=O) groups excluding carboxylic acids is 3. The Morgan fingerprint density at radius 2 is 1.64 bits per heavy atom. The van der Waals surface area contributed by atoms with Gasteiger partial charge in [0.2, 0.25) is 23.6 Å². The van der Waals surface area contributed by atoms with Crippen LogP contribution in [0.1, 0.15) is 52.0 Å². The number of nitrogens with one attached hydrogen (secondary N) is 4. The molecule has 53 heavy (non-hydrogen) atoms. The van der Waals surface area contributed by atoms with E-state index in [1.807, 2.05) is 57.4 Å². The van der Waals surface area contributed by atoms with Crippen molar-refractivity contribution in [3.05, 3.63) is 66.5 Å². The van der Waals surface area contributed by atoms with Crippen LogP contribution in [0, 0.1) is 11.8 Å². The minimum atomic E-state index is -0.836. The number of benzene rings is 2. The molecule has 1 aliphatic carbocycles. The van der Waals surface area contributed by atoms with Crippen LogP contribution in [-0.4, -0.2) is 105 Å². The summed E-state index contributed by atoms with van der Waals surface area (Å²) in [6.07, 6.45) is 6.42. The van der Waals surface area contributed by atoms with Crippen LogP contribution >= 0.6 is 0 Å². The average Bonchev–Trinajstić information content (AvgIpc) is 3.69. The number of anilines is 2. The number of H-pyrrole nitrogens is 1. The Morgan fingerprint density at radius 3 is 2.30 bits per heavy atom. The molecule has 15 heteroatoms. The van der Waals surface area contributed by atoms with Gasteiger partial charge >= 0.3 is 6.09 Å². The summed E-state index contributed by atoms with van der Waals surface area (Å²) in [5, 5.41) is 23.0. The summed E-state index contributed by atoms with van der Waals surface area (Å²) in [5.41, 5.74) is 3.44. The second kappa shape index (κ2) is 16.9. The lowest BCUT2D eigenvalue weighted by Gasteiger charge is -2.32. The van der Waals surface area contributed by atoms with Crippen molar-refractivity contribution in [2.24, 2.45) is 11.8 Å². The summed E-state index contributed by atoms with van der Waals surface area (Å²) in [6, 6.07) is 14.2. The molecule has 2 aromatic heterocycles. The molecular formula is C38H49N11O4. The monoisotopic (exact) mass is 723 g/mol. The number of alkyl carbamates (subject to hydrolysis) is 1. The first-order valence-corrected chi connectivity index (χ1v) is 18.3. The van der Waals surface area contributed by atoms with Crippen LogP contribution in [0.3, 0.4) is 0 Å². The van der Waals surface area contributed by atoms with Gasteiger partial charge in [-0.15, -0.1) is 10.2 Å². The molecule has 2 aliphatic rings. The third-order valence-electron chi connectivity index (χ3n) is 9.66. The van der Waals surface area contributed by atoms with Crippen molar-refractivity contribution in [1.82, 2.24) is 46.1 Å². The van der Waals surface area contributed by atoms with Gasteiger partial charge in [-0.05, 0) is 100 Å². The van der Waals surface area contributed by atoms with Gasteiger partial charge in [0.15, 0.2) is 0 Å². The van der Waals surface area contributed by atoms with Crippen LogP contribution in [0.25, 0.3) is 22.5 Å². The molecule has 2 aromatic carbocycles. The number of hydrogen-bond donors (Lipinski definition) is 4. The van der Waals surface area contributed by atoms with E-state index in [1.54, 1.807) is 24.3 Å². The lowest BCUT2D eigenvalue weighted by atomic mass is 9.81. The summed E-state index contributed by atoms with van der Waals surface area (Å²) >= 11 is 0. The minimum absolute atomic E-state index is 0.153. The van der Waals surface area contributed by atoms with E-state index >= 15 is 0 Å². The summed E-state index contributed by atoms with van der Waals surface area (Å²) in [6.45, 7) is 9.70. The summed E-state index contributed by atoms with van der Waals surface area (Å²) in [5.74, 6) is 0.702. The number of piperazine rings is 1. The van der Waals surface area contributed by atoms with Gasteiger partial charge in [-0.3, -0.25) is 9.59 Å². The van der Waals surface area contributed by atoms with Crippen molar-refractivity contribution < 1.29 is 19.1 Å². The molecule has 3 amide bonds. The highest BCUT2D eigenvalue weighted by Crippen LogP contribution is 2.29. The highest BCUT2D eigenvalue weighted by atomic mass is 16.6. The maximum absolute atomic E-state index is 13.9. The maximum atomic E-state index is 13.9. The Labute approximate surface area is 309 Å². The van der Waals surface area contributed by atoms with E-state index in [9.17, 15) is 14.4 Å². The lowest BCUT2D eigenvalue weighted by molar-refractivity contribution is -0.130. The van der Waals surface area contributed by atoms with Crippen molar-refractivity contribution in [3.8, 4) is 22.5 Å². The van der Waals surface area contributed by atoms with E-state index in [1.165, 1.54) is 0 Å². The number of carbonyl (C=O) groups is 3. The van der Waals surface area contributed by atoms with Gasteiger partial charge in [0.05, 0.1) is 0 Å². The van der Waals surface area contributed by atoms with Gasteiger partial charge < -0.3 is 30.5 Å². The number of aromatic amines is 1. The van der Waals surface area contributed by atoms with Gasteiger partial charge in [0.1, 0.15) is 11.6 Å². The summed E-state index contributed by atoms with van der Waals surface area (Å²) in [4.78, 5) is 53.5. The van der Waals surface area contributed by atoms with Gasteiger partial charge in [-0.25, -0.2) is 14.8 Å². The van der Waals surface area contributed by atoms with Crippen molar-refractivity contribution >= 4 is 29.5 Å². The number of hydrogen-bond acceptors (Lipinski definition) is 11. The number of aromatic nitrogens is 6. The van der Waals surface area contributed by atoms with E-state index in [0.717, 1.165) is 67.2 Å². The highest BCUT2D eigenvalue weighted by Gasteiger charge is 2.30. The van der Waals surface area contributed by atoms with Crippen molar-refractivity contribution in [1.29, 1.82) is 0 Å². The number of amides is 3. The van der Waals surface area contributed by atoms with Crippen LogP contribution in [0.2, 0.25) is 0 Å². The third kappa shape index (κ3) is 10.6. The van der Waals surface area contributed by atoms with Gasteiger partial charge in [0, 0.05) is 74.3 Å². The van der Waals surface area contributed by atoms with E-state index in [4.69, 9.17) is 4.74 Å². The molecule has 0 bridgehead atoms. The first-order chi connectivity index (χ1) is 25.5. The Balaban J connectivity index is 1.12. The molecule has 15 nitrogen and oxygen atoms in total. The first-order valence-electron chi connectivity index (χ1n) is 18.3. The Morgan fingerprint density at radius 1 is 0.925 bits per heavy atom. The largest absolute Gasteiger partial charge is 0.444 e. The SMILES string of the molecule is CN1CCN(c2ncc(-c3cccc(C[C@H](NC(=O)C4CCC(CNC(=O)OC(C)(C)C)CC4)C(=O)Nc4ccc(-c5nn[nH]n5)cc4)c3)cn2)CC1. The Kier molecular flexibility index (Phi) is 11.9. The normalized spacial score (nSPS) is 18.5. The molecule has 0 spiro atoms.